The molecule has 21 heteroatoms. The maximum absolute atomic E-state index is 7.91. The first-order chi connectivity index (χ1) is 41.0. The first-order valence-corrected chi connectivity index (χ1v) is 28.4. The average Bonchev–Trinajstić information content (AvgIpc) is 4.43. The summed E-state index contributed by atoms with van der Waals surface area (Å²) in [5.74, 6) is 1.73. The Morgan fingerprint density at radius 3 is 0.786 bits per heavy atom. The molecule has 0 saturated heterocycles. The molecule has 0 radical (unpaired) electrons. The molecular formula is C63H54Cl3N18+3. The lowest BCUT2D eigenvalue weighted by atomic mass is 10.0. The second kappa shape index (κ2) is 23.2. The molecule has 0 bridgehead atoms. The van der Waals surface area contributed by atoms with Gasteiger partial charge in [0.05, 0.1) is 38.3 Å². The lowest BCUT2D eigenvalue weighted by Crippen LogP contribution is -2.30. The minimum absolute atomic E-state index is 0.0882. The van der Waals surface area contributed by atoms with Crippen molar-refractivity contribution in [3.63, 3.8) is 0 Å². The topological polar surface area (TPSA) is 174 Å². The highest BCUT2D eigenvalue weighted by atomic mass is 35.5. The van der Waals surface area contributed by atoms with Gasteiger partial charge in [-0.3, -0.25) is 0 Å². The molecule has 12 aliphatic heterocycles. The molecule has 1 aromatic carbocycles. The van der Waals surface area contributed by atoms with Gasteiger partial charge in [-0.1, -0.05) is 53.0 Å². The third kappa shape index (κ3) is 11.8. The average molecular weight is 1170 g/mol. The first kappa shape index (κ1) is 53.6. The molecule has 0 amide bonds. The Morgan fingerprint density at radius 1 is 0.321 bits per heavy atom. The van der Waals surface area contributed by atoms with Crippen LogP contribution in [-0.2, 0) is 19.6 Å². The Hall–Kier alpha value is -9.75. The first-order valence-electron chi connectivity index (χ1n) is 27.3. The molecule has 0 aromatic heterocycles. The maximum atomic E-state index is 7.91. The number of benzene rings is 1. The van der Waals surface area contributed by atoms with Gasteiger partial charge in [-0.25, -0.2) is 30.0 Å². The minimum Gasteiger partial charge on any atom is -0.350 e. The van der Waals surface area contributed by atoms with E-state index in [-0.39, 0.29) is 17.9 Å². The largest absolute Gasteiger partial charge is 0.358 e. The summed E-state index contributed by atoms with van der Waals surface area (Å²) < 4.78 is 6.02. The Bertz CT molecular complexity index is 3540. The minimum atomic E-state index is -0.0882. The lowest BCUT2D eigenvalue weighted by molar-refractivity contribution is -0.398. The van der Waals surface area contributed by atoms with E-state index < -0.39 is 0 Å². The van der Waals surface area contributed by atoms with Gasteiger partial charge in [0.2, 0.25) is 0 Å². The molecule has 0 unspecified atom stereocenters. The molecule has 0 saturated carbocycles. The molecule has 13 rings (SSSR count). The fraction of sp³-hybridized carbons (Fsp3) is 0.143. The molecule has 12 aliphatic rings. The Labute approximate surface area is 500 Å². The predicted octanol–water partition coefficient (Wildman–Crippen LogP) is 9.16. The summed E-state index contributed by atoms with van der Waals surface area (Å²) >= 11 is 18.8. The zero-order valence-corrected chi connectivity index (χ0v) is 47.5. The van der Waals surface area contributed by atoms with E-state index in [1.165, 1.54) is 16.7 Å². The van der Waals surface area contributed by atoms with Crippen LogP contribution in [0.25, 0.3) is 0 Å². The van der Waals surface area contributed by atoms with Crippen molar-refractivity contribution in [3.8, 4) is 0 Å². The summed E-state index contributed by atoms with van der Waals surface area (Å²) in [6.07, 6.45) is 62.8. The van der Waals surface area contributed by atoms with Crippen LogP contribution in [0.4, 0.5) is 0 Å². The van der Waals surface area contributed by atoms with Crippen LogP contribution in [-0.4, -0.2) is 152 Å². The molecular weight excluding hydrogens is 1120 g/mol. The Morgan fingerprint density at radius 2 is 0.548 bits per heavy atom. The van der Waals surface area contributed by atoms with E-state index in [1.54, 1.807) is 0 Å². The van der Waals surface area contributed by atoms with Gasteiger partial charge < -0.3 is 29.4 Å². The summed E-state index contributed by atoms with van der Waals surface area (Å²) in [5.41, 5.74) is 12.6. The van der Waals surface area contributed by atoms with Crippen molar-refractivity contribution in [2.75, 3.05) is 39.3 Å². The number of halogens is 3. The molecule has 18 nitrogen and oxygen atoms in total. The Balaban J connectivity index is 0.648. The molecule has 414 valence electrons. The van der Waals surface area contributed by atoms with Gasteiger partial charge in [-0.15, -0.1) is 0 Å². The number of aliphatic imine (C=N–C) groups is 6. The highest BCUT2D eigenvalue weighted by Crippen LogP contribution is 2.28. The van der Waals surface area contributed by atoms with Gasteiger partial charge in [0.25, 0.3) is 0 Å². The zero-order valence-electron chi connectivity index (χ0n) is 45.3. The van der Waals surface area contributed by atoms with Crippen LogP contribution in [0.2, 0.25) is 0 Å². The summed E-state index contributed by atoms with van der Waals surface area (Å²) in [6, 6.07) is 6.95. The van der Waals surface area contributed by atoms with Gasteiger partial charge >= 0.3 is 35.4 Å². The van der Waals surface area contributed by atoms with Crippen LogP contribution in [0.1, 0.15) is 16.7 Å². The molecule has 0 aliphatic carbocycles. The van der Waals surface area contributed by atoms with Crippen molar-refractivity contribution in [2.45, 2.75) is 19.6 Å². The highest BCUT2D eigenvalue weighted by molar-refractivity contribution is 6.75. The number of hydrogen-bond donors (Lipinski definition) is 3. The third-order valence-electron chi connectivity index (χ3n) is 15.1. The molecule has 1 aromatic rings. The third-order valence-corrected chi connectivity index (χ3v) is 15.9. The van der Waals surface area contributed by atoms with E-state index in [2.05, 4.69) is 225 Å². The number of amidine groups is 3. The number of hydrogen-bond acceptors (Lipinski definition) is 9. The van der Waals surface area contributed by atoms with E-state index >= 15 is 0 Å². The van der Waals surface area contributed by atoms with Crippen LogP contribution in [0.3, 0.4) is 0 Å². The van der Waals surface area contributed by atoms with Crippen LogP contribution < -0.4 is 0 Å². The monoisotopic (exact) mass is 1170 g/mol. The van der Waals surface area contributed by atoms with E-state index in [9.17, 15) is 0 Å². The molecule has 3 N–H and O–H groups in total. The highest BCUT2D eigenvalue weighted by Gasteiger charge is 2.35. The van der Waals surface area contributed by atoms with Crippen molar-refractivity contribution in [2.24, 2.45) is 30.0 Å². The zero-order chi connectivity index (χ0) is 57.3. The number of nitrogens with zero attached hydrogens (tertiary/aromatic N) is 15. The SMILES string of the molecule is N=C1N=C(Cl)C2=CC=[N+](CCN3C=CC(=C4C=CN(Cc5cc(CN6C=CC(=C7C=CN(CC[N+]8=CC=C9C(Cl)=NC(=N)N=C98)C=C7)C=C6)cc(CN6C=CC(=C7C=CN(CC[N+]8=CC=C9C(Cl)=NC(=N)N=C98)C=C7)C=C6)c5)C=C4)C=C3)C2=N1. The fourth-order valence-electron chi connectivity index (χ4n) is 10.7. The van der Waals surface area contributed by atoms with E-state index in [0.717, 1.165) is 69.8 Å². The Kier molecular flexibility index (Phi) is 14.8. The van der Waals surface area contributed by atoms with Gasteiger partial charge in [0, 0.05) is 109 Å². The van der Waals surface area contributed by atoms with Gasteiger partial charge in [0.1, 0.15) is 36.4 Å². The molecule has 12 heterocycles. The summed E-state index contributed by atoms with van der Waals surface area (Å²) in [5, 5.41) is 24.6. The standard InChI is InChI=1S/C63H54Cl3N18/c64-55-52-13-28-82(58(52)73-61(67)70-55)34-31-76-16-1-46(2-17-76)49-7-22-79(23-8-49)40-43-37-44(41-80-24-9-50(10-25-80)47-3-18-77(19-4-47)32-35-83-29-14-53-56(65)71-62(68)74-59(53)83)39-45(38-43)42-81-26-11-51(12-27-81)48-5-20-78(21-6-48)33-36-84-30-15-54-57(66)72-63(69)75-60(54)84/h1-30,37-39,67-69H,31-36,40-42H2/q+3. The van der Waals surface area contributed by atoms with E-state index in [1.807, 2.05) is 50.6 Å². The quantitative estimate of drug-likeness (QED) is 0.148. The molecule has 0 fully saturated rings. The predicted molar refractivity (Wildman–Crippen MR) is 337 cm³/mol. The lowest BCUT2D eigenvalue weighted by Gasteiger charge is -2.25. The van der Waals surface area contributed by atoms with Crippen molar-refractivity contribution < 1.29 is 13.7 Å². The number of guanidine groups is 3. The van der Waals surface area contributed by atoms with E-state index in [4.69, 9.17) is 51.0 Å². The number of fused-ring (bicyclic) bond motifs is 3. The number of nitrogens with one attached hydrogen (secondary N) is 3. The summed E-state index contributed by atoms with van der Waals surface area (Å²) in [7, 11) is 0. The van der Waals surface area contributed by atoms with Gasteiger partial charge in [0.15, 0.2) is 15.5 Å². The molecule has 0 spiro atoms. The van der Waals surface area contributed by atoms with Crippen molar-refractivity contribution >= 4 is 104 Å². The molecule has 84 heavy (non-hydrogen) atoms. The van der Waals surface area contributed by atoms with Crippen LogP contribution in [0.15, 0.2) is 264 Å². The molecule has 0 atom stereocenters. The smallest absolute Gasteiger partial charge is 0.350 e. The second-order valence-electron chi connectivity index (χ2n) is 20.7. The number of allylic oxidation sites excluding steroid dienone is 21. The normalized spacial score (nSPS) is 20.8. The van der Waals surface area contributed by atoms with E-state index in [0.29, 0.717) is 72.3 Å². The van der Waals surface area contributed by atoms with Gasteiger partial charge in [-0.2, -0.15) is 15.0 Å². The van der Waals surface area contributed by atoms with Crippen LogP contribution >= 0.6 is 34.8 Å². The number of rotatable bonds is 15. The second-order valence-corrected chi connectivity index (χ2v) is 21.7. The van der Waals surface area contributed by atoms with Crippen molar-refractivity contribution in [1.82, 2.24) is 29.4 Å². The maximum Gasteiger partial charge on any atom is 0.358 e. The van der Waals surface area contributed by atoms with Crippen LogP contribution in [0, 0.1) is 16.2 Å². The van der Waals surface area contributed by atoms with Crippen molar-refractivity contribution in [3.05, 3.63) is 251 Å². The fourth-order valence-corrected chi connectivity index (χ4v) is 11.4. The van der Waals surface area contributed by atoms with Crippen LogP contribution in [0.5, 0.6) is 0 Å². The van der Waals surface area contributed by atoms with Gasteiger partial charge in [-0.05, 0) is 141 Å². The summed E-state index contributed by atoms with van der Waals surface area (Å²) in [4.78, 5) is 37.9. The summed E-state index contributed by atoms with van der Waals surface area (Å²) in [6.45, 7) is 6.30. The van der Waals surface area contributed by atoms with Crippen molar-refractivity contribution in [1.29, 1.82) is 16.2 Å².